The van der Waals surface area contributed by atoms with E-state index in [9.17, 15) is 13.6 Å². The maximum atomic E-state index is 13.5. The molecule has 1 unspecified atom stereocenters. The minimum atomic E-state index is -0.840. The molecule has 1 fully saturated rings. The molecule has 1 atom stereocenters. The number of carbonyl (C=O) groups is 1. The van der Waals surface area contributed by atoms with Gasteiger partial charge in [-0.1, -0.05) is 0 Å². The molecule has 1 N–H and O–H groups in total. The van der Waals surface area contributed by atoms with Crippen molar-refractivity contribution >= 4 is 5.97 Å². The van der Waals surface area contributed by atoms with Gasteiger partial charge in [-0.05, 0) is 25.1 Å². The molecule has 1 aliphatic rings. The van der Waals surface area contributed by atoms with E-state index in [1.807, 2.05) is 4.90 Å². The smallest absolute Gasteiger partial charge is 0.309 e. The molecule has 5 heteroatoms. The van der Waals surface area contributed by atoms with Crippen LogP contribution in [-0.2, 0) is 4.79 Å². The third kappa shape index (κ3) is 2.29. The van der Waals surface area contributed by atoms with Crippen molar-refractivity contribution < 1.29 is 18.7 Å². The first-order chi connectivity index (χ1) is 7.99. The number of carboxylic acids is 1. The van der Waals surface area contributed by atoms with Crippen LogP contribution in [0.15, 0.2) is 18.2 Å². The van der Waals surface area contributed by atoms with E-state index >= 15 is 0 Å². The van der Waals surface area contributed by atoms with E-state index in [2.05, 4.69) is 0 Å². The zero-order chi connectivity index (χ0) is 12.6. The number of aliphatic carboxylic acids is 1. The van der Waals surface area contributed by atoms with Gasteiger partial charge in [-0.3, -0.25) is 9.69 Å². The second kappa shape index (κ2) is 4.41. The van der Waals surface area contributed by atoms with Crippen molar-refractivity contribution in [2.24, 2.45) is 5.92 Å². The summed E-state index contributed by atoms with van der Waals surface area (Å²) in [5.74, 6) is -2.18. The lowest BCUT2D eigenvalue weighted by molar-refractivity contribution is -0.148. The van der Waals surface area contributed by atoms with Gasteiger partial charge in [0, 0.05) is 24.7 Å². The molecule has 3 nitrogen and oxygen atoms in total. The summed E-state index contributed by atoms with van der Waals surface area (Å²) < 4.78 is 26.5. The van der Waals surface area contributed by atoms with Gasteiger partial charge in [0.15, 0.2) is 0 Å². The molecule has 1 aromatic rings. The zero-order valence-electron chi connectivity index (χ0n) is 9.36. The summed E-state index contributed by atoms with van der Waals surface area (Å²) >= 11 is 0. The van der Waals surface area contributed by atoms with Crippen LogP contribution in [0.3, 0.4) is 0 Å². The van der Waals surface area contributed by atoms with Crippen molar-refractivity contribution in [1.29, 1.82) is 0 Å². The number of rotatable bonds is 3. The maximum absolute atomic E-state index is 13.5. The van der Waals surface area contributed by atoms with Crippen LogP contribution in [0.25, 0.3) is 0 Å². The average Bonchev–Trinajstić information content (AvgIpc) is 2.18. The molecule has 0 spiro atoms. The number of carboxylic acid groups (broad SMARTS) is 1. The van der Waals surface area contributed by atoms with E-state index in [1.165, 1.54) is 0 Å². The van der Waals surface area contributed by atoms with Gasteiger partial charge in [0.05, 0.1) is 5.92 Å². The van der Waals surface area contributed by atoms with E-state index in [0.29, 0.717) is 13.1 Å². The highest BCUT2D eigenvalue weighted by Gasteiger charge is 2.36. The fourth-order valence-electron chi connectivity index (χ4n) is 2.02. The Hall–Kier alpha value is -1.49. The van der Waals surface area contributed by atoms with Crippen molar-refractivity contribution in [1.82, 2.24) is 4.90 Å². The summed E-state index contributed by atoms with van der Waals surface area (Å²) in [6.07, 6.45) is 0. The predicted molar refractivity (Wildman–Crippen MR) is 57.5 cm³/mol. The molecule has 1 aromatic carbocycles. The molecule has 0 aliphatic carbocycles. The Balaban J connectivity index is 2.08. The molecule has 1 aliphatic heterocycles. The molecule has 0 aromatic heterocycles. The van der Waals surface area contributed by atoms with Crippen molar-refractivity contribution in [3.63, 3.8) is 0 Å². The summed E-state index contributed by atoms with van der Waals surface area (Å²) in [5, 5.41) is 8.74. The van der Waals surface area contributed by atoms with Gasteiger partial charge in [0.1, 0.15) is 11.6 Å². The molecular weight excluding hydrogens is 228 g/mol. The summed E-state index contributed by atoms with van der Waals surface area (Å²) in [4.78, 5) is 12.5. The van der Waals surface area contributed by atoms with E-state index < -0.39 is 23.5 Å². The highest BCUT2D eigenvalue weighted by Crippen LogP contribution is 2.30. The van der Waals surface area contributed by atoms with Crippen LogP contribution in [0.1, 0.15) is 18.5 Å². The standard InChI is InChI=1S/C12H13F2NO2/c1-7(15-5-8(6-15)12(16)17)10-4-9(13)2-3-11(10)14/h2-4,7-8H,5-6H2,1H3,(H,16,17). The Kier molecular flexibility index (Phi) is 3.11. The highest BCUT2D eigenvalue weighted by molar-refractivity contribution is 5.71. The second-order valence-corrected chi connectivity index (χ2v) is 4.33. The number of hydrogen-bond acceptors (Lipinski definition) is 2. The third-order valence-corrected chi connectivity index (χ3v) is 3.21. The SMILES string of the molecule is CC(c1cc(F)ccc1F)N1CC(C(=O)O)C1. The minimum Gasteiger partial charge on any atom is -0.481 e. The summed E-state index contributed by atoms with van der Waals surface area (Å²) in [6.45, 7) is 2.51. The summed E-state index contributed by atoms with van der Waals surface area (Å²) in [7, 11) is 0. The Bertz CT molecular complexity index is 444. The van der Waals surface area contributed by atoms with Crippen LogP contribution in [0.4, 0.5) is 8.78 Å². The largest absolute Gasteiger partial charge is 0.481 e. The van der Waals surface area contributed by atoms with Crippen molar-refractivity contribution in [2.45, 2.75) is 13.0 Å². The normalized spacial score (nSPS) is 18.8. The van der Waals surface area contributed by atoms with Crippen LogP contribution in [-0.4, -0.2) is 29.1 Å². The first-order valence-corrected chi connectivity index (χ1v) is 5.41. The molecule has 1 saturated heterocycles. The van der Waals surface area contributed by atoms with Crippen LogP contribution in [0.5, 0.6) is 0 Å². The topological polar surface area (TPSA) is 40.5 Å². The van der Waals surface area contributed by atoms with Gasteiger partial charge in [-0.15, -0.1) is 0 Å². The van der Waals surface area contributed by atoms with Gasteiger partial charge >= 0.3 is 5.97 Å². The number of nitrogens with zero attached hydrogens (tertiary/aromatic N) is 1. The summed E-state index contributed by atoms with van der Waals surface area (Å²) in [5.41, 5.74) is 0.272. The van der Waals surface area contributed by atoms with Crippen LogP contribution < -0.4 is 0 Å². The van der Waals surface area contributed by atoms with Crippen molar-refractivity contribution in [2.75, 3.05) is 13.1 Å². The van der Waals surface area contributed by atoms with E-state index in [-0.39, 0.29) is 11.6 Å². The maximum Gasteiger partial charge on any atom is 0.309 e. The Morgan fingerprint density at radius 3 is 2.71 bits per heavy atom. The second-order valence-electron chi connectivity index (χ2n) is 4.33. The zero-order valence-corrected chi connectivity index (χ0v) is 9.36. The molecule has 1 heterocycles. The monoisotopic (exact) mass is 241 g/mol. The molecule has 17 heavy (non-hydrogen) atoms. The summed E-state index contributed by atoms with van der Waals surface area (Å²) in [6, 6.07) is 3.02. The molecule has 0 saturated carbocycles. The van der Waals surface area contributed by atoms with E-state index in [1.54, 1.807) is 6.92 Å². The Morgan fingerprint density at radius 1 is 1.47 bits per heavy atom. The molecule has 2 rings (SSSR count). The number of halogens is 2. The lowest BCUT2D eigenvalue weighted by atomic mass is 9.95. The first kappa shape index (κ1) is 12.0. The number of benzene rings is 1. The van der Waals surface area contributed by atoms with Crippen molar-refractivity contribution in [3.8, 4) is 0 Å². The Labute approximate surface area is 97.7 Å². The number of hydrogen-bond donors (Lipinski definition) is 1. The fourth-order valence-corrected chi connectivity index (χ4v) is 2.02. The van der Waals surface area contributed by atoms with E-state index in [0.717, 1.165) is 18.2 Å². The van der Waals surface area contributed by atoms with Gasteiger partial charge in [-0.25, -0.2) is 8.78 Å². The fraction of sp³-hybridized carbons (Fsp3) is 0.417. The predicted octanol–water partition coefficient (Wildman–Crippen LogP) is 2.04. The lowest BCUT2D eigenvalue weighted by Gasteiger charge is -2.41. The third-order valence-electron chi connectivity index (χ3n) is 3.21. The van der Waals surface area contributed by atoms with Gasteiger partial charge in [-0.2, -0.15) is 0 Å². The molecule has 92 valence electrons. The minimum absolute atomic E-state index is 0.272. The first-order valence-electron chi connectivity index (χ1n) is 5.41. The van der Waals surface area contributed by atoms with Gasteiger partial charge < -0.3 is 5.11 Å². The van der Waals surface area contributed by atoms with Crippen LogP contribution >= 0.6 is 0 Å². The van der Waals surface area contributed by atoms with Crippen LogP contribution in [0, 0.1) is 17.6 Å². The average molecular weight is 241 g/mol. The quantitative estimate of drug-likeness (QED) is 0.880. The molecule has 0 amide bonds. The highest BCUT2D eigenvalue weighted by atomic mass is 19.1. The number of likely N-dealkylation sites (tertiary alicyclic amines) is 1. The molecular formula is C12H13F2NO2. The van der Waals surface area contributed by atoms with Crippen molar-refractivity contribution in [3.05, 3.63) is 35.4 Å². The van der Waals surface area contributed by atoms with Crippen LogP contribution in [0.2, 0.25) is 0 Å². The molecule has 0 radical (unpaired) electrons. The van der Waals surface area contributed by atoms with Gasteiger partial charge in [0.2, 0.25) is 0 Å². The Morgan fingerprint density at radius 2 is 2.12 bits per heavy atom. The van der Waals surface area contributed by atoms with E-state index in [4.69, 9.17) is 5.11 Å². The lowest BCUT2D eigenvalue weighted by Crippen LogP contribution is -2.51. The van der Waals surface area contributed by atoms with Gasteiger partial charge in [0.25, 0.3) is 0 Å². The molecule has 0 bridgehead atoms.